The topological polar surface area (TPSA) is 56.8 Å². The normalized spacial score (nSPS) is 18.0. The number of likely N-dealkylation sites (N-methyl/N-ethyl adjacent to an activating group) is 2. The molecule has 1 aromatic heterocycles. The van der Waals surface area contributed by atoms with Crippen LogP contribution in [0.4, 0.5) is 0 Å². The summed E-state index contributed by atoms with van der Waals surface area (Å²) in [6, 6.07) is 3.84. The zero-order chi connectivity index (χ0) is 18.2. The molecule has 1 aromatic rings. The molecule has 6 nitrogen and oxygen atoms in total. The minimum Gasteiger partial charge on any atom is -0.342 e. The molecule has 0 saturated carbocycles. The first kappa shape index (κ1) is 19.4. The van der Waals surface area contributed by atoms with Crippen molar-refractivity contribution in [1.82, 2.24) is 19.7 Å². The van der Waals surface area contributed by atoms with Gasteiger partial charge in [0.25, 0.3) is 0 Å². The molecule has 1 aliphatic rings. The molecule has 6 heteroatoms. The van der Waals surface area contributed by atoms with Crippen LogP contribution in [0, 0.1) is 0 Å². The molecule has 0 radical (unpaired) electrons. The van der Waals surface area contributed by atoms with Crippen LogP contribution in [0.25, 0.3) is 0 Å². The number of likely N-dealkylation sites (tertiary alicyclic amines) is 1. The average molecular weight is 346 g/mol. The van der Waals surface area contributed by atoms with Gasteiger partial charge in [0, 0.05) is 39.1 Å². The molecule has 0 N–H and O–H groups in total. The highest BCUT2D eigenvalue weighted by atomic mass is 16.2. The molecular formula is C19H30N4O2. The Kier molecular flexibility index (Phi) is 7.37. The van der Waals surface area contributed by atoms with E-state index in [0.29, 0.717) is 13.1 Å². The number of carbonyl (C=O) groups excluding carboxylic acids is 2. The Hall–Kier alpha value is -1.95. The molecule has 0 aromatic carbocycles. The summed E-state index contributed by atoms with van der Waals surface area (Å²) in [5.41, 5.74) is 1.16. The van der Waals surface area contributed by atoms with Gasteiger partial charge in [0.2, 0.25) is 11.8 Å². The van der Waals surface area contributed by atoms with Gasteiger partial charge < -0.3 is 9.80 Å². The van der Waals surface area contributed by atoms with Gasteiger partial charge in [-0.2, -0.15) is 0 Å². The Morgan fingerprint density at radius 1 is 1.20 bits per heavy atom. The number of rotatable bonds is 7. The molecule has 1 atom stereocenters. The smallest absolute Gasteiger partial charge is 0.242 e. The fourth-order valence-corrected chi connectivity index (χ4v) is 3.39. The Labute approximate surface area is 150 Å². The van der Waals surface area contributed by atoms with Gasteiger partial charge in [0.15, 0.2) is 0 Å². The van der Waals surface area contributed by atoms with E-state index in [2.05, 4.69) is 9.88 Å². The van der Waals surface area contributed by atoms with Crippen LogP contribution in [-0.4, -0.2) is 70.8 Å². The van der Waals surface area contributed by atoms with E-state index in [9.17, 15) is 9.59 Å². The number of hydrogen-bond donors (Lipinski definition) is 0. The zero-order valence-electron chi connectivity index (χ0n) is 15.6. The lowest BCUT2D eigenvalue weighted by molar-refractivity contribution is -0.143. The lowest BCUT2D eigenvalue weighted by atomic mass is 10.00. The van der Waals surface area contributed by atoms with E-state index < -0.39 is 0 Å². The molecule has 25 heavy (non-hydrogen) atoms. The van der Waals surface area contributed by atoms with Gasteiger partial charge >= 0.3 is 0 Å². The van der Waals surface area contributed by atoms with Crippen molar-refractivity contribution >= 4 is 11.8 Å². The molecular weight excluding hydrogens is 316 g/mol. The van der Waals surface area contributed by atoms with Crippen molar-refractivity contribution in [3.8, 4) is 0 Å². The minimum absolute atomic E-state index is 0.0114. The highest BCUT2D eigenvalue weighted by Crippen LogP contribution is 2.21. The average Bonchev–Trinajstić information content (AvgIpc) is 2.63. The van der Waals surface area contributed by atoms with Crippen LogP contribution in [0.15, 0.2) is 24.5 Å². The third-order valence-corrected chi connectivity index (χ3v) is 4.90. The summed E-state index contributed by atoms with van der Waals surface area (Å²) in [4.78, 5) is 34.9. The Morgan fingerprint density at radius 2 is 1.88 bits per heavy atom. The SMILES string of the molecule is CCN(CC)C(=O)CN(C)C(=O)[C@@H]1CCCCN1Cc1ccncc1. The van der Waals surface area contributed by atoms with E-state index in [4.69, 9.17) is 0 Å². The Bertz CT molecular complexity index is 560. The molecule has 0 unspecified atom stereocenters. The first-order valence-corrected chi connectivity index (χ1v) is 9.22. The van der Waals surface area contributed by atoms with E-state index >= 15 is 0 Å². The van der Waals surface area contributed by atoms with Crippen LogP contribution in [0.5, 0.6) is 0 Å². The summed E-state index contributed by atoms with van der Waals surface area (Å²) in [6.45, 7) is 7.08. The maximum Gasteiger partial charge on any atom is 0.242 e. The molecule has 0 aliphatic carbocycles. The van der Waals surface area contributed by atoms with E-state index in [1.807, 2.05) is 26.0 Å². The minimum atomic E-state index is -0.142. The number of amides is 2. The second-order valence-electron chi connectivity index (χ2n) is 6.60. The quantitative estimate of drug-likeness (QED) is 0.755. The summed E-state index contributed by atoms with van der Waals surface area (Å²) in [5.74, 6) is 0.0617. The molecule has 0 spiro atoms. The third kappa shape index (κ3) is 5.26. The number of hydrogen-bond acceptors (Lipinski definition) is 4. The van der Waals surface area contributed by atoms with E-state index in [1.54, 1.807) is 29.2 Å². The summed E-state index contributed by atoms with van der Waals surface area (Å²) >= 11 is 0. The fraction of sp³-hybridized carbons (Fsp3) is 0.632. The first-order chi connectivity index (χ1) is 12.1. The number of carbonyl (C=O) groups is 2. The van der Waals surface area contributed by atoms with Crippen molar-refractivity contribution in [2.45, 2.75) is 45.7 Å². The lowest BCUT2D eigenvalue weighted by Crippen LogP contribution is -2.51. The molecule has 2 rings (SSSR count). The van der Waals surface area contributed by atoms with Crippen LogP contribution < -0.4 is 0 Å². The maximum absolute atomic E-state index is 12.9. The van der Waals surface area contributed by atoms with Gasteiger partial charge in [-0.15, -0.1) is 0 Å². The zero-order valence-corrected chi connectivity index (χ0v) is 15.6. The lowest BCUT2D eigenvalue weighted by Gasteiger charge is -2.37. The van der Waals surface area contributed by atoms with E-state index in [0.717, 1.165) is 37.9 Å². The summed E-state index contributed by atoms with van der Waals surface area (Å²) in [7, 11) is 1.74. The van der Waals surface area contributed by atoms with Crippen molar-refractivity contribution in [1.29, 1.82) is 0 Å². The van der Waals surface area contributed by atoms with Crippen molar-refractivity contribution in [3.63, 3.8) is 0 Å². The number of aromatic nitrogens is 1. The second kappa shape index (κ2) is 9.51. The predicted molar refractivity (Wildman–Crippen MR) is 97.9 cm³/mol. The summed E-state index contributed by atoms with van der Waals surface area (Å²) in [5, 5.41) is 0. The van der Waals surface area contributed by atoms with Gasteiger partial charge in [-0.05, 0) is 50.9 Å². The molecule has 2 heterocycles. The van der Waals surface area contributed by atoms with Crippen LogP contribution in [0.3, 0.4) is 0 Å². The summed E-state index contributed by atoms with van der Waals surface area (Å²) < 4.78 is 0. The van der Waals surface area contributed by atoms with Crippen LogP contribution >= 0.6 is 0 Å². The maximum atomic E-state index is 12.9. The number of piperidine rings is 1. The highest BCUT2D eigenvalue weighted by Gasteiger charge is 2.31. The molecule has 138 valence electrons. The van der Waals surface area contributed by atoms with Crippen LogP contribution in [-0.2, 0) is 16.1 Å². The second-order valence-corrected chi connectivity index (χ2v) is 6.60. The Morgan fingerprint density at radius 3 is 2.52 bits per heavy atom. The Balaban J connectivity index is 2.00. The van der Waals surface area contributed by atoms with Gasteiger partial charge in [-0.1, -0.05) is 6.42 Å². The van der Waals surface area contributed by atoms with Gasteiger partial charge in [-0.25, -0.2) is 0 Å². The van der Waals surface area contributed by atoms with E-state index in [-0.39, 0.29) is 24.4 Å². The van der Waals surface area contributed by atoms with Crippen molar-refractivity contribution in [3.05, 3.63) is 30.1 Å². The van der Waals surface area contributed by atoms with Crippen molar-refractivity contribution in [2.24, 2.45) is 0 Å². The molecule has 1 saturated heterocycles. The fourth-order valence-electron chi connectivity index (χ4n) is 3.39. The van der Waals surface area contributed by atoms with Crippen molar-refractivity contribution < 1.29 is 9.59 Å². The van der Waals surface area contributed by atoms with Crippen molar-refractivity contribution in [2.75, 3.05) is 33.2 Å². The van der Waals surface area contributed by atoms with Crippen LogP contribution in [0.1, 0.15) is 38.7 Å². The van der Waals surface area contributed by atoms with Gasteiger partial charge in [0.05, 0.1) is 12.6 Å². The van der Waals surface area contributed by atoms with Gasteiger partial charge in [-0.3, -0.25) is 19.5 Å². The number of nitrogens with zero attached hydrogens (tertiary/aromatic N) is 4. The monoisotopic (exact) mass is 346 g/mol. The molecule has 0 bridgehead atoms. The van der Waals surface area contributed by atoms with E-state index in [1.165, 1.54) is 0 Å². The van der Waals surface area contributed by atoms with Crippen LogP contribution in [0.2, 0.25) is 0 Å². The third-order valence-electron chi connectivity index (χ3n) is 4.90. The molecule has 2 amide bonds. The molecule has 1 fully saturated rings. The van der Waals surface area contributed by atoms with Gasteiger partial charge in [0.1, 0.15) is 0 Å². The largest absolute Gasteiger partial charge is 0.342 e. The predicted octanol–water partition coefficient (Wildman–Crippen LogP) is 1.76. The number of pyridine rings is 1. The highest BCUT2D eigenvalue weighted by molar-refractivity contribution is 5.87. The summed E-state index contributed by atoms with van der Waals surface area (Å²) in [6.07, 6.45) is 6.59. The standard InChI is InChI=1S/C19H30N4O2/c1-4-22(5-2)18(24)15-21(3)19(25)17-8-6-7-13-23(17)14-16-9-11-20-12-10-16/h9-12,17H,4-8,13-15H2,1-3H3/t17-/m0/s1. The first-order valence-electron chi connectivity index (χ1n) is 9.22. The molecule has 1 aliphatic heterocycles.